The third-order valence-corrected chi connectivity index (χ3v) is 4.20. The largest absolute Gasteiger partial charge is 0.493 e. The minimum absolute atomic E-state index is 0.198. The summed E-state index contributed by atoms with van der Waals surface area (Å²) in [5.74, 6) is 0.917. The molecule has 1 aliphatic heterocycles. The number of carbonyl (C=O) groups is 1. The molecule has 1 aromatic rings. The second kappa shape index (κ2) is 7.18. The lowest BCUT2D eigenvalue weighted by molar-refractivity contribution is -0.117. The molecule has 1 aliphatic rings. The van der Waals surface area contributed by atoms with Gasteiger partial charge in [0.15, 0.2) is 16.6 Å². The maximum atomic E-state index is 12.3. The molecule has 0 saturated heterocycles. The maximum Gasteiger partial charge on any atom is 0.251 e. The predicted molar refractivity (Wildman–Crippen MR) is 95.6 cm³/mol. The second-order valence-corrected chi connectivity index (χ2v) is 6.20. The standard InChI is InChI=1S/C15H18BrN3O3S/c1-7-11(14(20)17-2)12(19-15(23)18-7)9-5-8(16)6-10(21-3)13(9)22-4/h5-6,12H,1-4H3,(H,17,20)(H2,18,19,23)/t12-/m1/s1. The van der Waals surface area contributed by atoms with Crippen molar-refractivity contribution in [3.05, 3.63) is 33.4 Å². The number of thiocarbonyl (C=S) groups is 1. The van der Waals surface area contributed by atoms with Crippen LogP contribution in [0.3, 0.4) is 0 Å². The van der Waals surface area contributed by atoms with Crippen molar-refractivity contribution in [3.8, 4) is 11.5 Å². The van der Waals surface area contributed by atoms with Gasteiger partial charge in [-0.25, -0.2) is 0 Å². The fourth-order valence-electron chi connectivity index (χ4n) is 2.54. The number of halogens is 1. The zero-order chi connectivity index (χ0) is 17.1. The number of carbonyl (C=O) groups excluding carboxylic acids is 1. The Kier molecular flexibility index (Phi) is 5.48. The van der Waals surface area contributed by atoms with E-state index in [-0.39, 0.29) is 5.91 Å². The lowest BCUT2D eigenvalue weighted by atomic mass is 9.94. The van der Waals surface area contributed by atoms with Crippen LogP contribution in [-0.2, 0) is 4.79 Å². The van der Waals surface area contributed by atoms with Crippen LogP contribution in [0.25, 0.3) is 0 Å². The zero-order valence-corrected chi connectivity index (χ0v) is 15.6. The third kappa shape index (κ3) is 3.42. The van der Waals surface area contributed by atoms with Gasteiger partial charge in [0.05, 0.1) is 25.8 Å². The van der Waals surface area contributed by atoms with Gasteiger partial charge in [0.25, 0.3) is 5.91 Å². The Labute approximate surface area is 148 Å². The highest BCUT2D eigenvalue weighted by molar-refractivity contribution is 9.10. The van der Waals surface area contributed by atoms with Crippen molar-refractivity contribution in [2.45, 2.75) is 13.0 Å². The molecule has 1 heterocycles. The molecule has 0 saturated carbocycles. The van der Waals surface area contributed by atoms with Gasteiger partial charge in [-0.2, -0.15) is 0 Å². The molecule has 1 amide bonds. The highest BCUT2D eigenvalue weighted by atomic mass is 79.9. The molecule has 0 bridgehead atoms. The molecule has 23 heavy (non-hydrogen) atoms. The smallest absolute Gasteiger partial charge is 0.251 e. The molecule has 1 atom stereocenters. The van der Waals surface area contributed by atoms with Crippen LogP contribution in [0.4, 0.5) is 0 Å². The van der Waals surface area contributed by atoms with Crippen LogP contribution in [0, 0.1) is 0 Å². The summed E-state index contributed by atoms with van der Waals surface area (Å²) in [6.07, 6.45) is 0. The first-order valence-corrected chi connectivity index (χ1v) is 8.04. The van der Waals surface area contributed by atoms with Crippen LogP contribution in [0.15, 0.2) is 27.9 Å². The van der Waals surface area contributed by atoms with Gasteiger partial charge in [-0.3, -0.25) is 4.79 Å². The Hall–Kier alpha value is -1.80. The normalized spacial score (nSPS) is 17.3. The molecule has 6 nitrogen and oxygen atoms in total. The van der Waals surface area contributed by atoms with Crippen LogP contribution in [0.2, 0.25) is 0 Å². The van der Waals surface area contributed by atoms with Gasteiger partial charge in [-0.05, 0) is 31.3 Å². The van der Waals surface area contributed by atoms with Gasteiger partial charge in [0, 0.05) is 22.8 Å². The van der Waals surface area contributed by atoms with Gasteiger partial charge < -0.3 is 25.4 Å². The predicted octanol–water partition coefficient (Wildman–Crippen LogP) is 2.01. The molecule has 124 valence electrons. The van der Waals surface area contributed by atoms with Crippen molar-refractivity contribution in [3.63, 3.8) is 0 Å². The number of hydrogen-bond acceptors (Lipinski definition) is 4. The molecule has 0 fully saturated rings. The monoisotopic (exact) mass is 399 g/mol. The summed E-state index contributed by atoms with van der Waals surface area (Å²) >= 11 is 8.70. The summed E-state index contributed by atoms with van der Waals surface area (Å²) < 4.78 is 11.7. The van der Waals surface area contributed by atoms with E-state index >= 15 is 0 Å². The molecular weight excluding hydrogens is 382 g/mol. The first-order chi connectivity index (χ1) is 10.9. The molecule has 0 aliphatic carbocycles. The number of benzene rings is 1. The van der Waals surface area contributed by atoms with E-state index in [0.29, 0.717) is 27.9 Å². The maximum absolute atomic E-state index is 12.3. The van der Waals surface area contributed by atoms with E-state index in [1.54, 1.807) is 27.3 Å². The summed E-state index contributed by atoms with van der Waals surface area (Å²) in [7, 11) is 4.71. The van der Waals surface area contributed by atoms with Crippen molar-refractivity contribution in [1.29, 1.82) is 0 Å². The van der Waals surface area contributed by atoms with E-state index in [2.05, 4.69) is 31.9 Å². The van der Waals surface area contributed by atoms with Gasteiger partial charge in [0.1, 0.15) is 0 Å². The van der Waals surface area contributed by atoms with E-state index in [4.69, 9.17) is 21.7 Å². The molecule has 2 rings (SSSR count). The zero-order valence-electron chi connectivity index (χ0n) is 13.2. The van der Waals surface area contributed by atoms with Crippen molar-refractivity contribution < 1.29 is 14.3 Å². The highest BCUT2D eigenvalue weighted by Gasteiger charge is 2.32. The third-order valence-electron chi connectivity index (χ3n) is 3.52. The van der Waals surface area contributed by atoms with Crippen molar-refractivity contribution >= 4 is 39.2 Å². The Morgan fingerprint density at radius 2 is 2.04 bits per heavy atom. The Morgan fingerprint density at radius 1 is 1.35 bits per heavy atom. The van der Waals surface area contributed by atoms with Crippen LogP contribution >= 0.6 is 28.1 Å². The number of nitrogens with one attached hydrogen (secondary N) is 3. The molecule has 0 spiro atoms. The fraction of sp³-hybridized carbons (Fsp3) is 0.333. The highest BCUT2D eigenvalue weighted by Crippen LogP contribution is 2.41. The Balaban J connectivity index is 2.67. The number of methoxy groups -OCH3 is 2. The summed E-state index contributed by atoms with van der Waals surface area (Å²) in [4.78, 5) is 12.3. The van der Waals surface area contributed by atoms with Crippen LogP contribution in [0.1, 0.15) is 18.5 Å². The molecular formula is C15H18BrN3O3S. The van der Waals surface area contributed by atoms with E-state index in [9.17, 15) is 4.79 Å². The Bertz CT molecular complexity index is 691. The lowest BCUT2D eigenvalue weighted by Crippen LogP contribution is -2.46. The van der Waals surface area contributed by atoms with E-state index < -0.39 is 6.04 Å². The van der Waals surface area contributed by atoms with Gasteiger partial charge in [0.2, 0.25) is 0 Å². The number of likely N-dealkylation sites (N-methyl/N-ethyl adjacent to an activating group) is 1. The first kappa shape index (κ1) is 17.6. The average Bonchev–Trinajstić information content (AvgIpc) is 2.52. The summed E-state index contributed by atoms with van der Waals surface area (Å²) in [5, 5.41) is 9.21. The first-order valence-electron chi connectivity index (χ1n) is 6.84. The second-order valence-electron chi connectivity index (χ2n) is 4.88. The van der Waals surface area contributed by atoms with Crippen LogP contribution in [-0.4, -0.2) is 32.3 Å². The summed E-state index contributed by atoms with van der Waals surface area (Å²) in [6.45, 7) is 1.81. The minimum atomic E-state index is -0.454. The summed E-state index contributed by atoms with van der Waals surface area (Å²) in [6, 6.07) is 3.23. The SMILES string of the molecule is CNC(=O)C1=C(C)NC(=S)N[C@@H]1c1cc(Br)cc(OC)c1OC. The van der Waals surface area contributed by atoms with Gasteiger partial charge in [-0.15, -0.1) is 0 Å². The van der Waals surface area contributed by atoms with Crippen molar-refractivity contribution in [1.82, 2.24) is 16.0 Å². The van der Waals surface area contributed by atoms with Crippen LogP contribution in [0.5, 0.6) is 11.5 Å². The van der Waals surface area contributed by atoms with Crippen molar-refractivity contribution in [2.24, 2.45) is 0 Å². The quantitative estimate of drug-likeness (QED) is 0.672. The fourth-order valence-corrected chi connectivity index (χ4v) is 3.26. The number of amides is 1. The summed E-state index contributed by atoms with van der Waals surface area (Å²) in [5.41, 5.74) is 1.99. The molecule has 8 heteroatoms. The molecule has 0 radical (unpaired) electrons. The number of ether oxygens (including phenoxy) is 2. The van der Waals surface area contributed by atoms with E-state index in [1.165, 1.54) is 0 Å². The minimum Gasteiger partial charge on any atom is -0.493 e. The van der Waals surface area contributed by atoms with Crippen molar-refractivity contribution in [2.75, 3.05) is 21.3 Å². The van der Waals surface area contributed by atoms with E-state index in [1.807, 2.05) is 13.0 Å². The van der Waals surface area contributed by atoms with Gasteiger partial charge in [-0.1, -0.05) is 15.9 Å². The van der Waals surface area contributed by atoms with E-state index in [0.717, 1.165) is 10.0 Å². The number of rotatable bonds is 4. The lowest BCUT2D eigenvalue weighted by Gasteiger charge is -2.31. The molecule has 0 aromatic heterocycles. The Morgan fingerprint density at radius 3 is 2.61 bits per heavy atom. The number of allylic oxidation sites excluding steroid dienone is 1. The topological polar surface area (TPSA) is 71.6 Å². The number of hydrogen-bond donors (Lipinski definition) is 3. The van der Waals surface area contributed by atoms with Crippen LogP contribution < -0.4 is 25.4 Å². The molecule has 0 unspecified atom stereocenters. The van der Waals surface area contributed by atoms with Gasteiger partial charge >= 0.3 is 0 Å². The molecule has 1 aromatic carbocycles. The average molecular weight is 400 g/mol. The molecule has 3 N–H and O–H groups in total.